The molecular formula is C21H26ClNO2. The fourth-order valence-corrected chi connectivity index (χ4v) is 2.53. The topological polar surface area (TPSA) is 38.3 Å². The second-order valence-corrected chi connectivity index (χ2v) is 7.54. The number of ether oxygens (including phenoxy) is 1. The maximum atomic E-state index is 11.9. The average molecular weight is 360 g/mol. The Morgan fingerprint density at radius 2 is 1.68 bits per heavy atom. The number of hydrogen-bond acceptors (Lipinski definition) is 2. The summed E-state index contributed by atoms with van der Waals surface area (Å²) in [6, 6.07) is 15.7. The molecular weight excluding hydrogens is 334 g/mol. The highest BCUT2D eigenvalue weighted by Gasteiger charge is 2.12. The van der Waals surface area contributed by atoms with Crippen molar-refractivity contribution in [3.05, 3.63) is 64.7 Å². The summed E-state index contributed by atoms with van der Waals surface area (Å²) < 4.78 is 5.55. The van der Waals surface area contributed by atoms with E-state index in [2.05, 4.69) is 50.4 Å². The smallest absolute Gasteiger partial charge is 0.220 e. The van der Waals surface area contributed by atoms with Gasteiger partial charge in [-0.2, -0.15) is 0 Å². The zero-order valence-corrected chi connectivity index (χ0v) is 15.9. The summed E-state index contributed by atoms with van der Waals surface area (Å²) in [5.41, 5.74) is 2.64. The van der Waals surface area contributed by atoms with Gasteiger partial charge in [-0.25, -0.2) is 0 Å². The lowest BCUT2D eigenvalue weighted by molar-refractivity contribution is -0.121. The molecule has 0 bridgehead atoms. The van der Waals surface area contributed by atoms with E-state index in [-0.39, 0.29) is 11.3 Å². The molecule has 0 aliphatic heterocycles. The van der Waals surface area contributed by atoms with Gasteiger partial charge in [-0.3, -0.25) is 4.79 Å². The highest BCUT2D eigenvalue weighted by atomic mass is 35.5. The molecule has 4 heteroatoms. The molecule has 1 N–H and O–H groups in total. The number of carbonyl (C=O) groups is 1. The maximum Gasteiger partial charge on any atom is 0.220 e. The fraction of sp³-hybridized carbons (Fsp3) is 0.381. The van der Waals surface area contributed by atoms with Crippen molar-refractivity contribution in [3.8, 4) is 5.75 Å². The molecule has 134 valence electrons. The largest absolute Gasteiger partial charge is 0.492 e. The Labute approximate surface area is 155 Å². The summed E-state index contributed by atoms with van der Waals surface area (Å²) in [6.07, 6.45) is 1.23. The third-order valence-corrected chi connectivity index (χ3v) is 4.22. The van der Waals surface area contributed by atoms with Crippen molar-refractivity contribution in [3.63, 3.8) is 0 Å². The normalized spacial score (nSPS) is 11.2. The molecule has 2 aromatic rings. The Morgan fingerprint density at radius 1 is 1.04 bits per heavy atom. The van der Waals surface area contributed by atoms with Crippen LogP contribution in [0, 0.1) is 0 Å². The third-order valence-electron chi connectivity index (χ3n) is 3.97. The second-order valence-electron chi connectivity index (χ2n) is 7.10. The Kier molecular flexibility index (Phi) is 6.89. The van der Waals surface area contributed by atoms with Crippen molar-refractivity contribution in [1.29, 1.82) is 0 Å². The Balaban J connectivity index is 1.66. The van der Waals surface area contributed by atoms with Crippen LogP contribution in [0.5, 0.6) is 5.75 Å². The molecule has 3 nitrogen and oxygen atoms in total. The Morgan fingerprint density at radius 3 is 2.28 bits per heavy atom. The van der Waals surface area contributed by atoms with Gasteiger partial charge in [-0.1, -0.05) is 56.6 Å². The average Bonchev–Trinajstić information content (AvgIpc) is 2.58. The van der Waals surface area contributed by atoms with E-state index in [4.69, 9.17) is 16.3 Å². The number of hydrogen-bond donors (Lipinski definition) is 1. The van der Waals surface area contributed by atoms with Gasteiger partial charge in [0.05, 0.1) is 6.54 Å². The van der Waals surface area contributed by atoms with E-state index in [0.717, 1.165) is 12.2 Å². The van der Waals surface area contributed by atoms with E-state index in [1.54, 1.807) is 12.1 Å². The van der Waals surface area contributed by atoms with E-state index in [1.807, 2.05) is 12.1 Å². The summed E-state index contributed by atoms with van der Waals surface area (Å²) in [6.45, 7) is 7.52. The van der Waals surface area contributed by atoms with E-state index >= 15 is 0 Å². The summed E-state index contributed by atoms with van der Waals surface area (Å²) in [5, 5.41) is 3.56. The molecule has 0 saturated carbocycles. The number of nitrogens with one attached hydrogen (secondary N) is 1. The van der Waals surface area contributed by atoms with Gasteiger partial charge in [0, 0.05) is 11.4 Å². The van der Waals surface area contributed by atoms with E-state index in [0.29, 0.717) is 24.6 Å². The van der Waals surface area contributed by atoms with E-state index in [1.165, 1.54) is 11.1 Å². The molecule has 0 spiro atoms. The molecule has 0 aliphatic carbocycles. The quantitative estimate of drug-likeness (QED) is 0.723. The zero-order chi connectivity index (χ0) is 18.3. The van der Waals surface area contributed by atoms with Crippen molar-refractivity contribution in [2.24, 2.45) is 0 Å². The minimum absolute atomic E-state index is 0.0413. The molecule has 0 aliphatic rings. The van der Waals surface area contributed by atoms with Crippen LogP contribution in [-0.4, -0.2) is 19.1 Å². The van der Waals surface area contributed by atoms with Crippen LogP contribution in [0.3, 0.4) is 0 Å². The first-order chi connectivity index (χ1) is 11.8. The highest BCUT2D eigenvalue weighted by molar-refractivity contribution is 6.30. The first-order valence-electron chi connectivity index (χ1n) is 8.59. The number of benzene rings is 2. The summed E-state index contributed by atoms with van der Waals surface area (Å²) in [5.74, 6) is 0.789. The predicted molar refractivity (Wildman–Crippen MR) is 103 cm³/mol. The molecule has 25 heavy (non-hydrogen) atoms. The molecule has 2 aromatic carbocycles. The predicted octanol–water partition coefficient (Wildman–Crippen LogP) is 4.77. The SMILES string of the molecule is CC(C)(C)c1ccc(CCC(=O)NCCOc2ccc(Cl)cc2)cc1. The van der Waals surface area contributed by atoms with Gasteiger partial charge in [-0.15, -0.1) is 0 Å². The van der Waals surface area contributed by atoms with Gasteiger partial charge in [0.25, 0.3) is 0 Å². The van der Waals surface area contributed by atoms with E-state index in [9.17, 15) is 4.79 Å². The van der Waals surface area contributed by atoms with Gasteiger partial charge in [0.2, 0.25) is 5.91 Å². The third kappa shape index (κ3) is 6.79. The summed E-state index contributed by atoms with van der Waals surface area (Å²) in [7, 11) is 0. The van der Waals surface area contributed by atoms with Crippen molar-refractivity contribution in [1.82, 2.24) is 5.32 Å². The number of carbonyl (C=O) groups excluding carboxylic acids is 1. The van der Waals surface area contributed by atoms with Crippen molar-refractivity contribution in [2.45, 2.75) is 39.0 Å². The monoisotopic (exact) mass is 359 g/mol. The molecule has 0 unspecified atom stereocenters. The van der Waals surface area contributed by atoms with Crippen LogP contribution in [0.1, 0.15) is 38.3 Å². The molecule has 0 saturated heterocycles. The molecule has 0 fully saturated rings. The lowest BCUT2D eigenvalue weighted by atomic mass is 9.86. The summed E-state index contributed by atoms with van der Waals surface area (Å²) >= 11 is 5.82. The first kappa shape index (κ1) is 19.3. The highest BCUT2D eigenvalue weighted by Crippen LogP contribution is 2.22. The van der Waals surface area contributed by atoms with Crippen LogP contribution >= 0.6 is 11.6 Å². The van der Waals surface area contributed by atoms with Crippen LogP contribution in [-0.2, 0) is 16.6 Å². The Hall–Kier alpha value is -2.00. The van der Waals surface area contributed by atoms with Crippen LogP contribution in [0.4, 0.5) is 0 Å². The van der Waals surface area contributed by atoms with Gasteiger partial charge in [-0.05, 0) is 47.2 Å². The number of aryl methyl sites for hydroxylation is 1. The van der Waals surface area contributed by atoms with Crippen molar-refractivity contribution >= 4 is 17.5 Å². The lowest BCUT2D eigenvalue weighted by Gasteiger charge is -2.19. The van der Waals surface area contributed by atoms with Crippen molar-refractivity contribution < 1.29 is 9.53 Å². The standard InChI is InChI=1S/C21H26ClNO2/c1-21(2,3)17-7-4-16(5-8-17)6-13-20(24)23-14-15-25-19-11-9-18(22)10-12-19/h4-5,7-12H,6,13-15H2,1-3H3,(H,23,24). The number of amides is 1. The number of halogens is 1. The van der Waals surface area contributed by atoms with Crippen LogP contribution in [0.15, 0.2) is 48.5 Å². The van der Waals surface area contributed by atoms with Gasteiger partial charge in [0.15, 0.2) is 0 Å². The van der Waals surface area contributed by atoms with Gasteiger partial charge in [0.1, 0.15) is 12.4 Å². The number of rotatable bonds is 7. The van der Waals surface area contributed by atoms with E-state index < -0.39 is 0 Å². The molecule has 1 amide bonds. The van der Waals surface area contributed by atoms with Crippen LogP contribution < -0.4 is 10.1 Å². The molecule has 0 radical (unpaired) electrons. The van der Waals surface area contributed by atoms with Crippen LogP contribution in [0.25, 0.3) is 0 Å². The minimum Gasteiger partial charge on any atom is -0.492 e. The fourth-order valence-electron chi connectivity index (χ4n) is 2.41. The minimum atomic E-state index is 0.0413. The van der Waals surface area contributed by atoms with Gasteiger partial charge < -0.3 is 10.1 Å². The molecule has 0 heterocycles. The second kappa shape index (κ2) is 8.91. The Bertz CT molecular complexity index is 673. The van der Waals surface area contributed by atoms with Crippen LogP contribution in [0.2, 0.25) is 5.02 Å². The summed E-state index contributed by atoms with van der Waals surface area (Å²) in [4.78, 5) is 11.9. The van der Waals surface area contributed by atoms with Gasteiger partial charge >= 0.3 is 0 Å². The lowest BCUT2D eigenvalue weighted by Crippen LogP contribution is -2.28. The molecule has 0 aromatic heterocycles. The van der Waals surface area contributed by atoms with Crippen molar-refractivity contribution in [2.75, 3.05) is 13.2 Å². The molecule has 2 rings (SSSR count). The maximum absolute atomic E-state index is 11.9. The first-order valence-corrected chi connectivity index (χ1v) is 8.97. The zero-order valence-electron chi connectivity index (χ0n) is 15.1. The molecule has 0 atom stereocenters.